The Balaban J connectivity index is 0.00000196. The van der Waals surface area contributed by atoms with Gasteiger partial charge >= 0.3 is 0 Å². The van der Waals surface area contributed by atoms with Crippen LogP contribution < -0.4 is 15.8 Å². The van der Waals surface area contributed by atoms with Crippen molar-refractivity contribution in [1.29, 1.82) is 0 Å². The van der Waals surface area contributed by atoms with Gasteiger partial charge in [-0.3, -0.25) is 4.79 Å². The van der Waals surface area contributed by atoms with Crippen LogP contribution in [0, 0.1) is 0 Å². The number of hydrogen-bond acceptors (Lipinski definition) is 3. The van der Waals surface area contributed by atoms with Crippen LogP contribution in [0.4, 0.5) is 0 Å². The first kappa shape index (κ1) is 18.7. The van der Waals surface area contributed by atoms with Crippen molar-refractivity contribution in [3.8, 4) is 5.75 Å². The number of nitrogens with two attached hydrogens (primary N) is 1. The summed E-state index contributed by atoms with van der Waals surface area (Å²) in [5, 5.41) is 3.18. The zero-order valence-electron chi connectivity index (χ0n) is 14.7. The lowest BCUT2D eigenvalue weighted by atomic mass is 9.85. The van der Waals surface area contributed by atoms with Crippen LogP contribution in [0.25, 0.3) is 0 Å². The molecule has 0 aromatic heterocycles. The molecule has 2 aliphatic rings. The van der Waals surface area contributed by atoms with Crippen molar-refractivity contribution < 1.29 is 9.53 Å². The van der Waals surface area contributed by atoms with Gasteiger partial charge in [0.1, 0.15) is 17.4 Å². The Bertz CT molecular complexity index is 760. The van der Waals surface area contributed by atoms with E-state index in [1.54, 1.807) is 0 Å². The van der Waals surface area contributed by atoms with Crippen LogP contribution in [0.1, 0.15) is 55.3 Å². The van der Waals surface area contributed by atoms with E-state index in [4.69, 9.17) is 10.5 Å². The van der Waals surface area contributed by atoms with E-state index in [1.807, 2.05) is 54.6 Å². The topological polar surface area (TPSA) is 64.4 Å². The summed E-state index contributed by atoms with van der Waals surface area (Å²) in [5.41, 5.74) is 7.92. The fourth-order valence-corrected chi connectivity index (χ4v) is 4.15. The minimum atomic E-state index is -0.657. The number of benzene rings is 2. The van der Waals surface area contributed by atoms with Crippen molar-refractivity contribution in [2.75, 3.05) is 0 Å². The highest BCUT2D eigenvalue weighted by Gasteiger charge is 2.43. The van der Waals surface area contributed by atoms with Crippen molar-refractivity contribution in [3.05, 3.63) is 65.7 Å². The second kappa shape index (κ2) is 7.68. The Morgan fingerprint density at radius 1 is 1.08 bits per heavy atom. The predicted molar refractivity (Wildman–Crippen MR) is 104 cm³/mol. The normalized spacial score (nSPS) is 21.2. The van der Waals surface area contributed by atoms with E-state index < -0.39 is 6.04 Å². The number of ether oxygens (including phenoxy) is 1. The van der Waals surface area contributed by atoms with Crippen molar-refractivity contribution in [3.63, 3.8) is 0 Å². The molecule has 138 valence electrons. The number of carbonyl (C=O) groups is 1. The maximum absolute atomic E-state index is 12.7. The molecule has 1 fully saturated rings. The zero-order chi connectivity index (χ0) is 17.3. The molecule has 0 radical (unpaired) electrons. The van der Waals surface area contributed by atoms with E-state index in [0.29, 0.717) is 0 Å². The van der Waals surface area contributed by atoms with E-state index in [2.05, 4.69) is 5.32 Å². The number of hydrogen-bond donors (Lipinski definition) is 2. The van der Waals surface area contributed by atoms with Gasteiger partial charge in [-0.1, -0.05) is 48.5 Å². The van der Waals surface area contributed by atoms with Gasteiger partial charge < -0.3 is 15.8 Å². The molecule has 1 amide bonds. The van der Waals surface area contributed by atoms with Crippen LogP contribution in [0.2, 0.25) is 0 Å². The first-order valence-corrected chi connectivity index (χ1v) is 9.06. The molecule has 2 aromatic rings. The average Bonchev–Trinajstić information content (AvgIpc) is 3.09. The summed E-state index contributed by atoms with van der Waals surface area (Å²) in [6.07, 6.45) is 5.30. The van der Waals surface area contributed by atoms with E-state index in [1.165, 1.54) is 12.8 Å². The molecular weight excluding hydrogens is 348 g/mol. The molecule has 1 heterocycles. The number of amides is 1. The summed E-state index contributed by atoms with van der Waals surface area (Å²) in [4.78, 5) is 12.7. The number of halogens is 1. The molecule has 0 bridgehead atoms. The van der Waals surface area contributed by atoms with E-state index in [-0.39, 0.29) is 30.0 Å². The Morgan fingerprint density at radius 2 is 1.73 bits per heavy atom. The van der Waals surface area contributed by atoms with Gasteiger partial charge in [-0.05, 0) is 37.3 Å². The molecule has 2 atom stereocenters. The van der Waals surface area contributed by atoms with Gasteiger partial charge in [0.2, 0.25) is 5.91 Å². The Hall–Kier alpha value is -2.04. The third kappa shape index (κ3) is 3.57. The summed E-state index contributed by atoms with van der Waals surface area (Å²) in [6.45, 7) is 0. The Labute approximate surface area is 160 Å². The van der Waals surface area contributed by atoms with Gasteiger partial charge in [-0.2, -0.15) is 0 Å². The maximum Gasteiger partial charge on any atom is 0.242 e. The second-order valence-corrected chi connectivity index (χ2v) is 7.18. The van der Waals surface area contributed by atoms with Crippen LogP contribution in [0.5, 0.6) is 5.75 Å². The first-order valence-electron chi connectivity index (χ1n) is 9.06. The SMILES string of the molecule is Cl.NC(C(=O)NC1CC2(CCCC2)Oc2ccccc21)c1ccccc1. The molecule has 2 unspecified atom stereocenters. The van der Waals surface area contributed by atoms with E-state index in [0.717, 1.165) is 36.1 Å². The highest BCUT2D eigenvalue weighted by molar-refractivity contribution is 5.85. The summed E-state index contributed by atoms with van der Waals surface area (Å²) >= 11 is 0. The molecule has 1 saturated carbocycles. The number of nitrogens with one attached hydrogen (secondary N) is 1. The van der Waals surface area contributed by atoms with E-state index in [9.17, 15) is 4.79 Å². The monoisotopic (exact) mass is 372 g/mol. The van der Waals surface area contributed by atoms with Crippen LogP contribution in [0.15, 0.2) is 54.6 Å². The minimum Gasteiger partial charge on any atom is -0.487 e. The fourth-order valence-electron chi connectivity index (χ4n) is 4.15. The van der Waals surface area contributed by atoms with Gasteiger partial charge in [-0.25, -0.2) is 0 Å². The molecule has 3 N–H and O–H groups in total. The second-order valence-electron chi connectivity index (χ2n) is 7.18. The Morgan fingerprint density at radius 3 is 2.46 bits per heavy atom. The van der Waals surface area contributed by atoms with E-state index >= 15 is 0 Å². The highest BCUT2D eigenvalue weighted by atomic mass is 35.5. The smallest absolute Gasteiger partial charge is 0.242 e. The Kier molecular flexibility index (Phi) is 5.54. The molecule has 1 aliphatic carbocycles. The predicted octanol–water partition coefficient (Wildman–Crippen LogP) is 4.06. The molecular formula is C21H25ClN2O2. The van der Waals surface area contributed by atoms with Crippen LogP contribution in [-0.2, 0) is 4.79 Å². The fraction of sp³-hybridized carbons (Fsp3) is 0.381. The molecule has 1 spiro atoms. The average molecular weight is 373 g/mol. The number of para-hydroxylation sites is 1. The van der Waals surface area contributed by atoms with Crippen molar-refractivity contribution >= 4 is 18.3 Å². The van der Waals surface area contributed by atoms with Gasteiger partial charge in [0.25, 0.3) is 0 Å². The van der Waals surface area contributed by atoms with Crippen molar-refractivity contribution in [2.45, 2.75) is 49.8 Å². The summed E-state index contributed by atoms with van der Waals surface area (Å²) in [5.74, 6) is 0.760. The summed E-state index contributed by atoms with van der Waals surface area (Å²) in [7, 11) is 0. The molecule has 0 saturated heterocycles. The molecule has 5 heteroatoms. The van der Waals surface area contributed by atoms with Crippen molar-refractivity contribution in [2.24, 2.45) is 5.73 Å². The van der Waals surface area contributed by atoms with Gasteiger partial charge in [0, 0.05) is 12.0 Å². The number of rotatable bonds is 3. The lowest BCUT2D eigenvalue weighted by Crippen LogP contribution is -2.45. The maximum atomic E-state index is 12.7. The molecule has 4 rings (SSSR count). The minimum absolute atomic E-state index is 0. The molecule has 26 heavy (non-hydrogen) atoms. The third-order valence-electron chi connectivity index (χ3n) is 5.47. The van der Waals surface area contributed by atoms with Crippen LogP contribution in [0.3, 0.4) is 0 Å². The molecule has 4 nitrogen and oxygen atoms in total. The first-order chi connectivity index (χ1) is 12.2. The molecule has 2 aromatic carbocycles. The summed E-state index contributed by atoms with van der Waals surface area (Å²) < 4.78 is 6.35. The molecule has 1 aliphatic heterocycles. The lowest BCUT2D eigenvalue weighted by molar-refractivity contribution is -0.123. The number of fused-ring (bicyclic) bond motifs is 1. The number of carbonyl (C=O) groups excluding carboxylic acids is 1. The highest BCUT2D eigenvalue weighted by Crippen LogP contribution is 2.47. The van der Waals surface area contributed by atoms with Crippen LogP contribution >= 0.6 is 12.4 Å². The third-order valence-corrected chi connectivity index (χ3v) is 5.47. The van der Waals surface area contributed by atoms with Gasteiger partial charge in [-0.15, -0.1) is 12.4 Å². The quantitative estimate of drug-likeness (QED) is 0.853. The van der Waals surface area contributed by atoms with Gasteiger partial charge in [0.15, 0.2) is 0 Å². The summed E-state index contributed by atoms with van der Waals surface area (Å²) in [6, 6.07) is 16.8. The lowest BCUT2D eigenvalue weighted by Gasteiger charge is -2.40. The van der Waals surface area contributed by atoms with Crippen LogP contribution in [-0.4, -0.2) is 11.5 Å². The zero-order valence-corrected chi connectivity index (χ0v) is 15.5. The standard InChI is InChI=1S/C21H24N2O2.ClH/c22-19(15-8-2-1-3-9-15)20(24)23-17-14-21(12-6-7-13-21)25-18-11-5-4-10-16(17)18;/h1-5,8-11,17,19H,6-7,12-14,22H2,(H,23,24);1H. The largest absolute Gasteiger partial charge is 0.487 e. The van der Waals surface area contributed by atoms with Crippen molar-refractivity contribution in [1.82, 2.24) is 5.32 Å². The van der Waals surface area contributed by atoms with Gasteiger partial charge in [0.05, 0.1) is 6.04 Å².